The SMILES string of the molecule is C=CC#N.C=CC(=O)NC(OC)C(=O)OC. The second-order valence-corrected chi connectivity index (χ2v) is 2.18. The summed E-state index contributed by atoms with van der Waals surface area (Å²) in [4.78, 5) is 21.5. The van der Waals surface area contributed by atoms with Crippen molar-refractivity contribution in [2.24, 2.45) is 0 Å². The maximum Gasteiger partial charge on any atom is 0.356 e. The van der Waals surface area contributed by atoms with E-state index in [-0.39, 0.29) is 0 Å². The molecule has 0 aliphatic heterocycles. The fraction of sp³-hybridized carbons (Fsp3) is 0.300. The first-order chi connectivity index (χ1) is 7.56. The molecule has 0 aromatic heterocycles. The molecule has 0 saturated heterocycles. The van der Waals surface area contributed by atoms with E-state index >= 15 is 0 Å². The third-order valence-corrected chi connectivity index (χ3v) is 1.20. The molecule has 0 heterocycles. The third-order valence-electron chi connectivity index (χ3n) is 1.20. The number of carbonyl (C=O) groups is 2. The van der Waals surface area contributed by atoms with E-state index in [0.717, 1.165) is 6.08 Å². The van der Waals surface area contributed by atoms with Crippen LogP contribution in [0, 0.1) is 11.3 Å². The van der Waals surface area contributed by atoms with Crippen LogP contribution in [-0.4, -0.2) is 32.3 Å². The van der Waals surface area contributed by atoms with Crippen molar-refractivity contribution in [3.05, 3.63) is 25.3 Å². The van der Waals surface area contributed by atoms with Crippen molar-refractivity contribution in [2.45, 2.75) is 6.23 Å². The number of nitriles is 1. The highest BCUT2D eigenvalue weighted by Crippen LogP contribution is 1.88. The minimum Gasteiger partial charge on any atom is -0.466 e. The van der Waals surface area contributed by atoms with E-state index in [1.807, 2.05) is 0 Å². The van der Waals surface area contributed by atoms with Gasteiger partial charge in [-0.15, -0.1) is 0 Å². The molecule has 0 rings (SSSR count). The van der Waals surface area contributed by atoms with E-state index in [1.165, 1.54) is 20.3 Å². The van der Waals surface area contributed by atoms with Crippen LogP contribution >= 0.6 is 0 Å². The highest BCUT2D eigenvalue weighted by Gasteiger charge is 2.18. The van der Waals surface area contributed by atoms with E-state index in [1.54, 1.807) is 6.07 Å². The zero-order valence-corrected chi connectivity index (χ0v) is 9.23. The molecular weight excluding hydrogens is 212 g/mol. The molecule has 0 aliphatic rings. The van der Waals surface area contributed by atoms with Gasteiger partial charge in [0.2, 0.25) is 12.1 Å². The van der Waals surface area contributed by atoms with Gasteiger partial charge in [0.05, 0.1) is 13.2 Å². The minimum absolute atomic E-state index is 0.493. The van der Waals surface area contributed by atoms with Crippen LogP contribution in [0.25, 0.3) is 0 Å². The van der Waals surface area contributed by atoms with Crippen molar-refractivity contribution < 1.29 is 19.1 Å². The molecular formula is C10H14N2O4. The van der Waals surface area contributed by atoms with Crippen LogP contribution in [0.5, 0.6) is 0 Å². The fourth-order valence-corrected chi connectivity index (χ4v) is 0.509. The standard InChI is InChI=1S/C7H11NO4.C3H3N/c1-4-5(9)8-6(11-2)7(10)12-3;1-2-3-4/h4,6H,1H2,2-3H3,(H,8,9);2H,1H2. The summed E-state index contributed by atoms with van der Waals surface area (Å²) in [6.45, 7) is 6.33. The Morgan fingerprint density at radius 1 is 1.44 bits per heavy atom. The van der Waals surface area contributed by atoms with Gasteiger partial charge < -0.3 is 14.8 Å². The third kappa shape index (κ3) is 8.47. The van der Waals surface area contributed by atoms with Crippen LogP contribution in [0.2, 0.25) is 0 Å². The number of amides is 1. The number of nitrogens with one attached hydrogen (secondary N) is 1. The molecule has 0 saturated carbocycles. The van der Waals surface area contributed by atoms with Gasteiger partial charge in [0.1, 0.15) is 0 Å². The Morgan fingerprint density at radius 3 is 2.19 bits per heavy atom. The van der Waals surface area contributed by atoms with Gasteiger partial charge in [-0.1, -0.05) is 13.2 Å². The molecule has 0 aliphatic carbocycles. The van der Waals surface area contributed by atoms with Crippen molar-refractivity contribution in [1.29, 1.82) is 5.26 Å². The second kappa shape index (κ2) is 10.9. The molecule has 1 N–H and O–H groups in total. The summed E-state index contributed by atoms with van der Waals surface area (Å²) in [5, 5.41) is 9.72. The molecule has 0 spiro atoms. The Morgan fingerprint density at radius 2 is 1.94 bits per heavy atom. The highest BCUT2D eigenvalue weighted by atomic mass is 16.6. The Kier molecular flexibility index (Phi) is 11.2. The van der Waals surface area contributed by atoms with Crippen molar-refractivity contribution >= 4 is 11.9 Å². The molecule has 0 aromatic rings. The van der Waals surface area contributed by atoms with Crippen molar-refractivity contribution in [3.8, 4) is 6.07 Å². The molecule has 0 bridgehead atoms. The molecule has 0 aromatic carbocycles. The van der Waals surface area contributed by atoms with Gasteiger partial charge in [0, 0.05) is 13.2 Å². The van der Waals surface area contributed by atoms with Crippen molar-refractivity contribution in [1.82, 2.24) is 5.32 Å². The monoisotopic (exact) mass is 226 g/mol. The summed E-state index contributed by atoms with van der Waals surface area (Å²) in [7, 11) is 2.49. The van der Waals surface area contributed by atoms with E-state index < -0.39 is 18.1 Å². The Labute approximate surface area is 94.1 Å². The van der Waals surface area contributed by atoms with Crippen molar-refractivity contribution in [3.63, 3.8) is 0 Å². The summed E-state index contributed by atoms with van der Waals surface area (Å²) >= 11 is 0. The Balaban J connectivity index is 0. The summed E-state index contributed by atoms with van der Waals surface area (Å²) < 4.78 is 8.96. The maximum atomic E-state index is 10.8. The average Bonchev–Trinajstić information content (AvgIpc) is 2.34. The van der Waals surface area contributed by atoms with Gasteiger partial charge >= 0.3 is 5.97 Å². The average molecular weight is 226 g/mol. The number of hydrogen-bond donors (Lipinski definition) is 1. The molecule has 6 nitrogen and oxygen atoms in total. The van der Waals surface area contributed by atoms with Crippen molar-refractivity contribution in [2.75, 3.05) is 14.2 Å². The van der Waals surface area contributed by atoms with Gasteiger partial charge in [-0.3, -0.25) is 4.79 Å². The quantitative estimate of drug-likeness (QED) is 0.318. The molecule has 0 fully saturated rings. The topological polar surface area (TPSA) is 88.4 Å². The zero-order valence-electron chi connectivity index (χ0n) is 9.23. The number of hydrogen-bond acceptors (Lipinski definition) is 5. The lowest BCUT2D eigenvalue weighted by Crippen LogP contribution is -2.41. The summed E-state index contributed by atoms with van der Waals surface area (Å²) in [5.74, 6) is -1.15. The second-order valence-electron chi connectivity index (χ2n) is 2.18. The van der Waals surface area contributed by atoms with Gasteiger partial charge in [-0.2, -0.15) is 5.26 Å². The molecule has 1 atom stereocenters. The van der Waals surface area contributed by atoms with E-state index in [0.29, 0.717) is 0 Å². The lowest BCUT2D eigenvalue weighted by Gasteiger charge is -2.12. The number of ether oxygens (including phenoxy) is 2. The molecule has 1 amide bonds. The number of allylic oxidation sites excluding steroid dienone is 1. The zero-order chi connectivity index (χ0) is 13.0. The highest BCUT2D eigenvalue weighted by molar-refractivity contribution is 5.90. The summed E-state index contributed by atoms with van der Waals surface area (Å²) in [6.07, 6.45) is 1.15. The van der Waals surface area contributed by atoms with Crippen LogP contribution in [0.3, 0.4) is 0 Å². The van der Waals surface area contributed by atoms with Gasteiger partial charge in [-0.05, 0) is 6.08 Å². The molecule has 6 heteroatoms. The van der Waals surface area contributed by atoms with Gasteiger partial charge in [0.15, 0.2) is 0 Å². The lowest BCUT2D eigenvalue weighted by atomic mass is 10.5. The number of methoxy groups -OCH3 is 2. The molecule has 16 heavy (non-hydrogen) atoms. The number of nitrogens with zero attached hydrogens (tertiary/aromatic N) is 1. The van der Waals surface area contributed by atoms with Gasteiger partial charge in [-0.25, -0.2) is 4.79 Å². The number of carbonyl (C=O) groups excluding carboxylic acids is 2. The van der Waals surface area contributed by atoms with Crippen LogP contribution in [0.4, 0.5) is 0 Å². The Bertz CT molecular complexity index is 294. The Hall–Kier alpha value is -2.13. The van der Waals surface area contributed by atoms with Crippen LogP contribution < -0.4 is 5.32 Å². The van der Waals surface area contributed by atoms with E-state index in [4.69, 9.17) is 5.26 Å². The molecule has 88 valence electrons. The van der Waals surface area contributed by atoms with E-state index in [2.05, 4.69) is 27.9 Å². The van der Waals surface area contributed by atoms with Crippen LogP contribution in [0.1, 0.15) is 0 Å². The number of rotatable bonds is 4. The fourth-order valence-electron chi connectivity index (χ4n) is 0.509. The van der Waals surface area contributed by atoms with E-state index in [9.17, 15) is 9.59 Å². The van der Waals surface area contributed by atoms with Crippen LogP contribution in [-0.2, 0) is 19.1 Å². The first-order valence-electron chi connectivity index (χ1n) is 4.11. The predicted octanol–water partition coefficient (Wildman–Crippen LogP) is 0.130. The largest absolute Gasteiger partial charge is 0.466 e. The first-order valence-corrected chi connectivity index (χ1v) is 4.11. The minimum atomic E-state index is -1.07. The number of esters is 1. The summed E-state index contributed by atoms with van der Waals surface area (Å²) in [5.41, 5.74) is 0. The van der Waals surface area contributed by atoms with Gasteiger partial charge in [0.25, 0.3) is 0 Å². The first kappa shape index (κ1) is 16.3. The molecule has 0 radical (unpaired) electrons. The normalized spacial score (nSPS) is 9.56. The van der Waals surface area contributed by atoms with Crippen LogP contribution in [0.15, 0.2) is 25.3 Å². The maximum absolute atomic E-state index is 10.8. The lowest BCUT2D eigenvalue weighted by molar-refractivity contribution is -0.156. The molecule has 1 unspecified atom stereocenters. The predicted molar refractivity (Wildman–Crippen MR) is 57.0 cm³/mol. The smallest absolute Gasteiger partial charge is 0.356 e. The summed E-state index contributed by atoms with van der Waals surface area (Å²) in [6, 6.07) is 1.69.